The van der Waals surface area contributed by atoms with Crippen LogP contribution in [-0.2, 0) is 4.79 Å². The fraction of sp³-hybridized carbons (Fsp3) is 0.333. The fourth-order valence-electron chi connectivity index (χ4n) is 1.69. The molecule has 21 heavy (non-hydrogen) atoms. The summed E-state index contributed by atoms with van der Waals surface area (Å²) >= 11 is 1.29. The van der Waals surface area contributed by atoms with E-state index in [4.69, 9.17) is 5.73 Å². The maximum atomic E-state index is 13.2. The average molecular weight is 307 g/mol. The molecule has 3 N–H and O–H groups in total. The number of amides is 1. The van der Waals surface area contributed by atoms with Crippen LogP contribution in [0.4, 0.5) is 9.52 Å². The number of halogens is 1. The highest BCUT2D eigenvalue weighted by Crippen LogP contribution is 2.26. The lowest BCUT2D eigenvalue weighted by molar-refractivity contribution is -0.119. The molecule has 1 aromatic heterocycles. The summed E-state index contributed by atoms with van der Waals surface area (Å²) in [7, 11) is 0. The van der Waals surface area contributed by atoms with Crippen LogP contribution in [0.1, 0.15) is 20.8 Å². The number of anilines is 1. The molecule has 1 heterocycles. The standard InChI is InChI=1S/C15H18FN3OS/c1-15(2,3)12(17)13(20)19-14-18-11(8-21-14)9-5-4-6-10(16)7-9/h4-8,12H,17H2,1-3H3,(H,18,19,20)/t12-/m1/s1. The van der Waals surface area contributed by atoms with Crippen molar-refractivity contribution in [3.63, 3.8) is 0 Å². The molecule has 0 radical (unpaired) electrons. The number of nitrogens with two attached hydrogens (primary N) is 1. The van der Waals surface area contributed by atoms with Gasteiger partial charge in [0.25, 0.3) is 0 Å². The quantitative estimate of drug-likeness (QED) is 0.914. The van der Waals surface area contributed by atoms with Crippen LogP contribution in [0.2, 0.25) is 0 Å². The van der Waals surface area contributed by atoms with Crippen molar-refractivity contribution in [2.45, 2.75) is 26.8 Å². The highest BCUT2D eigenvalue weighted by Gasteiger charge is 2.27. The SMILES string of the molecule is CC(C)(C)[C@H](N)C(=O)Nc1nc(-c2cccc(F)c2)cs1. The summed E-state index contributed by atoms with van der Waals surface area (Å²) in [5.41, 5.74) is 6.87. The van der Waals surface area contributed by atoms with Gasteiger partial charge in [-0.05, 0) is 17.5 Å². The minimum absolute atomic E-state index is 0.275. The number of hydrogen-bond acceptors (Lipinski definition) is 4. The monoisotopic (exact) mass is 307 g/mol. The van der Waals surface area contributed by atoms with E-state index < -0.39 is 6.04 Å². The highest BCUT2D eigenvalue weighted by molar-refractivity contribution is 7.14. The Morgan fingerprint density at radius 1 is 1.43 bits per heavy atom. The van der Waals surface area contributed by atoms with Gasteiger partial charge in [0.15, 0.2) is 5.13 Å². The minimum Gasteiger partial charge on any atom is -0.319 e. The molecule has 0 saturated carbocycles. The molecular weight excluding hydrogens is 289 g/mol. The van der Waals surface area contributed by atoms with E-state index in [0.29, 0.717) is 16.4 Å². The predicted molar refractivity (Wildman–Crippen MR) is 83.6 cm³/mol. The van der Waals surface area contributed by atoms with Gasteiger partial charge in [0.05, 0.1) is 11.7 Å². The van der Waals surface area contributed by atoms with Gasteiger partial charge in [-0.25, -0.2) is 9.37 Å². The molecule has 0 bridgehead atoms. The molecule has 2 aromatic rings. The van der Waals surface area contributed by atoms with Crippen molar-refractivity contribution in [1.29, 1.82) is 0 Å². The lowest BCUT2D eigenvalue weighted by atomic mass is 9.87. The summed E-state index contributed by atoms with van der Waals surface area (Å²) < 4.78 is 13.2. The van der Waals surface area contributed by atoms with Gasteiger partial charge < -0.3 is 11.1 Å². The van der Waals surface area contributed by atoms with Gasteiger partial charge in [-0.15, -0.1) is 11.3 Å². The number of rotatable bonds is 3. The number of carbonyl (C=O) groups is 1. The summed E-state index contributed by atoms with van der Waals surface area (Å²) in [5, 5.41) is 4.93. The lowest BCUT2D eigenvalue weighted by Gasteiger charge is -2.25. The summed E-state index contributed by atoms with van der Waals surface area (Å²) in [6.45, 7) is 5.70. The zero-order valence-electron chi connectivity index (χ0n) is 12.2. The Balaban J connectivity index is 2.12. The molecule has 4 nitrogen and oxygen atoms in total. The molecule has 0 fully saturated rings. The number of hydrogen-bond donors (Lipinski definition) is 2. The first-order valence-corrected chi connectivity index (χ1v) is 7.43. The number of thiazole rings is 1. The molecule has 2 rings (SSSR count). The molecule has 0 saturated heterocycles. The Morgan fingerprint density at radius 2 is 2.14 bits per heavy atom. The van der Waals surface area contributed by atoms with E-state index in [1.54, 1.807) is 17.5 Å². The summed E-state index contributed by atoms with van der Waals surface area (Å²) in [6, 6.07) is 5.55. The Kier molecular flexibility index (Phi) is 4.39. The van der Waals surface area contributed by atoms with Crippen molar-refractivity contribution in [1.82, 2.24) is 4.98 Å². The molecule has 0 aliphatic rings. The van der Waals surface area contributed by atoms with Gasteiger partial charge in [0.1, 0.15) is 5.82 Å². The molecular formula is C15H18FN3OS. The zero-order valence-corrected chi connectivity index (χ0v) is 13.0. The van der Waals surface area contributed by atoms with Crippen LogP contribution in [0.5, 0.6) is 0 Å². The molecule has 1 atom stereocenters. The Bertz CT molecular complexity index is 648. The number of benzene rings is 1. The van der Waals surface area contributed by atoms with Crippen molar-refractivity contribution < 1.29 is 9.18 Å². The van der Waals surface area contributed by atoms with Crippen LogP contribution in [-0.4, -0.2) is 16.9 Å². The van der Waals surface area contributed by atoms with Gasteiger partial charge in [0, 0.05) is 10.9 Å². The van der Waals surface area contributed by atoms with Gasteiger partial charge in [-0.2, -0.15) is 0 Å². The van der Waals surface area contributed by atoms with E-state index in [1.807, 2.05) is 20.8 Å². The number of aromatic nitrogens is 1. The second kappa shape index (κ2) is 5.91. The Morgan fingerprint density at radius 3 is 2.76 bits per heavy atom. The van der Waals surface area contributed by atoms with Gasteiger partial charge in [-0.1, -0.05) is 32.9 Å². The Labute approximate surface area is 127 Å². The van der Waals surface area contributed by atoms with Crippen LogP contribution in [0.15, 0.2) is 29.6 Å². The molecule has 0 spiro atoms. The summed E-state index contributed by atoms with van der Waals surface area (Å²) in [4.78, 5) is 16.3. The highest BCUT2D eigenvalue weighted by atomic mass is 32.1. The lowest BCUT2D eigenvalue weighted by Crippen LogP contribution is -2.45. The normalized spacial score (nSPS) is 13.0. The number of carbonyl (C=O) groups excluding carboxylic acids is 1. The maximum Gasteiger partial charge on any atom is 0.243 e. The van der Waals surface area contributed by atoms with Gasteiger partial charge >= 0.3 is 0 Å². The second-order valence-electron chi connectivity index (χ2n) is 5.88. The third-order valence-corrected chi connectivity index (χ3v) is 3.83. The predicted octanol–water partition coefficient (Wildman–Crippen LogP) is 3.26. The number of nitrogens with one attached hydrogen (secondary N) is 1. The first-order chi connectivity index (χ1) is 9.77. The van der Waals surface area contributed by atoms with E-state index in [1.165, 1.54) is 23.5 Å². The molecule has 1 amide bonds. The van der Waals surface area contributed by atoms with E-state index in [9.17, 15) is 9.18 Å². The van der Waals surface area contributed by atoms with Crippen molar-refractivity contribution >= 4 is 22.4 Å². The van der Waals surface area contributed by atoms with Crippen molar-refractivity contribution in [2.24, 2.45) is 11.1 Å². The van der Waals surface area contributed by atoms with Crippen molar-refractivity contribution in [3.8, 4) is 11.3 Å². The van der Waals surface area contributed by atoms with Crippen LogP contribution in [0.3, 0.4) is 0 Å². The minimum atomic E-state index is -0.626. The van der Waals surface area contributed by atoms with Crippen LogP contribution >= 0.6 is 11.3 Å². The third-order valence-electron chi connectivity index (χ3n) is 3.07. The van der Waals surface area contributed by atoms with Gasteiger partial charge in [0.2, 0.25) is 5.91 Å². The van der Waals surface area contributed by atoms with Crippen molar-refractivity contribution in [3.05, 3.63) is 35.5 Å². The second-order valence-corrected chi connectivity index (χ2v) is 6.74. The molecule has 112 valence electrons. The fourth-order valence-corrected chi connectivity index (χ4v) is 2.41. The molecule has 0 aliphatic carbocycles. The molecule has 6 heteroatoms. The molecule has 0 unspecified atom stereocenters. The third kappa shape index (κ3) is 3.86. The first kappa shape index (κ1) is 15.6. The first-order valence-electron chi connectivity index (χ1n) is 6.55. The van der Waals surface area contributed by atoms with E-state index in [2.05, 4.69) is 10.3 Å². The van der Waals surface area contributed by atoms with Gasteiger partial charge in [-0.3, -0.25) is 4.79 Å². The van der Waals surface area contributed by atoms with E-state index in [-0.39, 0.29) is 17.1 Å². The van der Waals surface area contributed by atoms with Crippen LogP contribution < -0.4 is 11.1 Å². The topological polar surface area (TPSA) is 68.0 Å². The van der Waals surface area contributed by atoms with Crippen molar-refractivity contribution in [2.75, 3.05) is 5.32 Å². The average Bonchev–Trinajstić information content (AvgIpc) is 2.85. The maximum absolute atomic E-state index is 13.2. The summed E-state index contributed by atoms with van der Waals surface area (Å²) in [5.74, 6) is -0.594. The number of nitrogens with zero attached hydrogens (tertiary/aromatic N) is 1. The smallest absolute Gasteiger partial charge is 0.243 e. The zero-order chi connectivity index (χ0) is 15.6. The molecule has 1 aromatic carbocycles. The Hall–Kier alpha value is -1.79. The van der Waals surface area contributed by atoms with E-state index in [0.717, 1.165) is 0 Å². The largest absolute Gasteiger partial charge is 0.319 e. The van der Waals surface area contributed by atoms with Crippen LogP contribution in [0, 0.1) is 11.2 Å². The van der Waals surface area contributed by atoms with E-state index >= 15 is 0 Å². The molecule has 0 aliphatic heterocycles. The summed E-state index contributed by atoms with van der Waals surface area (Å²) in [6.07, 6.45) is 0. The van der Waals surface area contributed by atoms with Crippen LogP contribution in [0.25, 0.3) is 11.3 Å².